The van der Waals surface area contributed by atoms with Gasteiger partial charge in [-0.3, -0.25) is 4.79 Å². The van der Waals surface area contributed by atoms with Gasteiger partial charge in [0.15, 0.2) is 0 Å². The molecule has 0 bridgehead atoms. The van der Waals surface area contributed by atoms with Gasteiger partial charge in [-0.1, -0.05) is 24.6 Å². The Morgan fingerprint density at radius 2 is 2.25 bits per heavy atom. The first kappa shape index (κ1) is 12.8. The number of hydrogen-bond donors (Lipinski definition) is 1. The molecule has 0 radical (unpaired) electrons. The van der Waals surface area contributed by atoms with Crippen LogP contribution in [0.5, 0.6) is 5.75 Å². The summed E-state index contributed by atoms with van der Waals surface area (Å²) < 4.78 is 5.06. The van der Waals surface area contributed by atoms with Crippen molar-refractivity contribution < 1.29 is 9.53 Å². The lowest BCUT2D eigenvalue weighted by Gasteiger charge is -2.07. The van der Waals surface area contributed by atoms with Gasteiger partial charge in [0.1, 0.15) is 5.75 Å². The number of amides is 1. The van der Waals surface area contributed by atoms with E-state index in [1.807, 2.05) is 19.1 Å². The zero-order valence-corrected chi connectivity index (χ0v) is 10.3. The molecule has 1 N–H and O–H groups in total. The molecule has 0 spiro atoms. The van der Waals surface area contributed by atoms with E-state index in [9.17, 15) is 4.79 Å². The molecule has 1 rings (SSSR count). The van der Waals surface area contributed by atoms with E-state index in [0.29, 0.717) is 18.0 Å². The van der Waals surface area contributed by atoms with E-state index in [1.165, 1.54) is 0 Å². The van der Waals surface area contributed by atoms with Gasteiger partial charge in [0.25, 0.3) is 0 Å². The van der Waals surface area contributed by atoms with E-state index >= 15 is 0 Å². The molecule has 0 saturated carbocycles. The summed E-state index contributed by atoms with van der Waals surface area (Å²) in [5.74, 6) is 0.802. The molecular weight excluding hydrogens is 226 g/mol. The third kappa shape index (κ3) is 3.74. The highest BCUT2D eigenvalue weighted by atomic mass is 35.5. The molecule has 1 aromatic carbocycles. The first-order valence-corrected chi connectivity index (χ1v) is 5.64. The highest BCUT2D eigenvalue weighted by Crippen LogP contribution is 2.22. The van der Waals surface area contributed by atoms with Crippen LogP contribution < -0.4 is 10.1 Å². The molecular formula is C12H16ClNO2. The molecule has 4 heteroatoms. The zero-order valence-electron chi connectivity index (χ0n) is 9.55. The number of nitrogens with one attached hydrogen (secondary N) is 1. The number of methoxy groups -OCH3 is 1. The van der Waals surface area contributed by atoms with Gasteiger partial charge in [-0.15, -0.1) is 0 Å². The highest BCUT2D eigenvalue weighted by Gasteiger charge is 2.03. The Balaban J connectivity index is 2.51. The molecule has 0 fully saturated rings. The van der Waals surface area contributed by atoms with Crippen molar-refractivity contribution in [1.29, 1.82) is 0 Å². The molecule has 1 amide bonds. The minimum absolute atomic E-state index is 0.0598. The predicted octanol–water partition coefficient (Wildman–Crippen LogP) is 2.42. The van der Waals surface area contributed by atoms with Crippen LogP contribution in [0, 0.1) is 0 Å². The lowest BCUT2D eigenvalue weighted by Crippen LogP contribution is -2.24. The van der Waals surface area contributed by atoms with Crippen molar-refractivity contribution in [3.05, 3.63) is 28.8 Å². The summed E-state index contributed by atoms with van der Waals surface area (Å²) in [5.41, 5.74) is 1.01. The molecule has 0 atom stereocenters. The van der Waals surface area contributed by atoms with Gasteiger partial charge >= 0.3 is 0 Å². The van der Waals surface area contributed by atoms with Crippen LogP contribution in [0.4, 0.5) is 0 Å². The van der Waals surface area contributed by atoms with Crippen molar-refractivity contribution in [2.45, 2.75) is 19.8 Å². The van der Waals surface area contributed by atoms with Gasteiger partial charge in [-0.05, 0) is 24.1 Å². The number of rotatable bonds is 5. The van der Waals surface area contributed by atoms with E-state index in [0.717, 1.165) is 17.7 Å². The van der Waals surface area contributed by atoms with Gasteiger partial charge < -0.3 is 10.1 Å². The second kappa shape index (κ2) is 6.38. The van der Waals surface area contributed by atoms with Gasteiger partial charge in [0.05, 0.1) is 7.11 Å². The Kier molecular flexibility index (Phi) is 5.12. The third-order valence-corrected chi connectivity index (χ3v) is 2.65. The molecule has 16 heavy (non-hydrogen) atoms. The van der Waals surface area contributed by atoms with Crippen LogP contribution in [0.3, 0.4) is 0 Å². The standard InChI is InChI=1S/C12H16ClNO2/c1-3-12(15)14-7-6-9-4-5-10(16-2)8-11(9)13/h4-5,8H,3,6-7H2,1-2H3,(H,14,15). The topological polar surface area (TPSA) is 38.3 Å². The molecule has 0 aliphatic carbocycles. The fourth-order valence-corrected chi connectivity index (χ4v) is 1.58. The largest absolute Gasteiger partial charge is 0.497 e. The second-order valence-corrected chi connectivity index (χ2v) is 3.82. The van der Waals surface area contributed by atoms with Gasteiger partial charge in [0.2, 0.25) is 5.91 Å². The van der Waals surface area contributed by atoms with Crippen LogP contribution >= 0.6 is 11.6 Å². The Bertz CT molecular complexity index is 366. The first-order chi connectivity index (χ1) is 7.67. The van der Waals surface area contributed by atoms with Crippen molar-refractivity contribution >= 4 is 17.5 Å². The fraction of sp³-hybridized carbons (Fsp3) is 0.417. The molecule has 88 valence electrons. The predicted molar refractivity (Wildman–Crippen MR) is 65.0 cm³/mol. The SMILES string of the molecule is CCC(=O)NCCc1ccc(OC)cc1Cl. The smallest absolute Gasteiger partial charge is 0.219 e. The van der Waals surface area contributed by atoms with Crippen LogP contribution in [0.1, 0.15) is 18.9 Å². The van der Waals surface area contributed by atoms with Crippen LogP contribution in [-0.2, 0) is 11.2 Å². The molecule has 0 heterocycles. The molecule has 0 aliphatic heterocycles. The van der Waals surface area contributed by atoms with Crippen LogP contribution in [0.25, 0.3) is 0 Å². The molecule has 0 aliphatic rings. The lowest BCUT2D eigenvalue weighted by atomic mass is 10.1. The number of benzene rings is 1. The van der Waals surface area contributed by atoms with Crippen molar-refractivity contribution in [1.82, 2.24) is 5.32 Å². The average molecular weight is 242 g/mol. The quantitative estimate of drug-likeness (QED) is 0.860. The minimum Gasteiger partial charge on any atom is -0.497 e. The van der Waals surface area contributed by atoms with Crippen molar-refractivity contribution in [3.63, 3.8) is 0 Å². The second-order valence-electron chi connectivity index (χ2n) is 3.41. The summed E-state index contributed by atoms with van der Waals surface area (Å²) in [5, 5.41) is 3.48. The highest BCUT2D eigenvalue weighted by molar-refractivity contribution is 6.31. The third-order valence-electron chi connectivity index (χ3n) is 2.30. The summed E-state index contributed by atoms with van der Waals surface area (Å²) in [6, 6.07) is 5.56. The van der Waals surface area contributed by atoms with E-state index in [4.69, 9.17) is 16.3 Å². The Labute approximate surface area is 101 Å². The normalized spacial score (nSPS) is 9.94. The maximum Gasteiger partial charge on any atom is 0.219 e. The molecule has 3 nitrogen and oxygen atoms in total. The van der Waals surface area contributed by atoms with E-state index < -0.39 is 0 Å². The summed E-state index contributed by atoms with van der Waals surface area (Å²) in [6.45, 7) is 2.44. The van der Waals surface area contributed by atoms with Gasteiger partial charge in [-0.2, -0.15) is 0 Å². The zero-order chi connectivity index (χ0) is 12.0. The molecule has 1 aromatic rings. The van der Waals surface area contributed by atoms with Crippen LogP contribution in [0.15, 0.2) is 18.2 Å². The maximum atomic E-state index is 11.0. The van der Waals surface area contributed by atoms with Crippen molar-refractivity contribution in [3.8, 4) is 5.75 Å². The van der Waals surface area contributed by atoms with E-state index in [-0.39, 0.29) is 5.91 Å². The first-order valence-electron chi connectivity index (χ1n) is 5.26. The summed E-state index contributed by atoms with van der Waals surface area (Å²) in [7, 11) is 1.60. The number of hydrogen-bond acceptors (Lipinski definition) is 2. The number of carbonyl (C=O) groups excluding carboxylic acids is 1. The molecule has 0 saturated heterocycles. The number of ether oxygens (including phenoxy) is 1. The monoisotopic (exact) mass is 241 g/mol. The lowest BCUT2D eigenvalue weighted by molar-refractivity contribution is -0.120. The van der Waals surface area contributed by atoms with Crippen LogP contribution in [0.2, 0.25) is 5.02 Å². The molecule has 0 unspecified atom stereocenters. The van der Waals surface area contributed by atoms with Crippen LogP contribution in [-0.4, -0.2) is 19.6 Å². The van der Waals surface area contributed by atoms with Crippen molar-refractivity contribution in [2.24, 2.45) is 0 Å². The number of halogens is 1. The molecule has 0 aromatic heterocycles. The van der Waals surface area contributed by atoms with E-state index in [1.54, 1.807) is 13.2 Å². The number of carbonyl (C=O) groups is 1. The Morgan fingerprint density at radius 3 is 2.81 bits per heavy atom. The van der Waals surface area contributed by atoms with E-state index in [2.05, 4.69) is 5.32 Å². The summed E-state index contributed by atoms with van der Waals surface area (Å²) in [6.07, 6.45) is 1.24. The fourth-order valence-electron chi connectivity index (χ4n) is 1.32. The summed E-state index contributed by atoms with van der Waals surface area (Å²) in [4.78, 5) is 11.0. The Hall–Kier alpha value is -1.22. The van der Waals surface area contributed by atoms with Crippen molar-refractivity contribution in [2.75, 3.05) is 13.7 Å². The van der Waals surface area contributed by atoms with Gasteiger partial charge in [0, 0.05) is 18.0 Å². The summed E-state index contributed by atoms with van der Waals surface area (Å²) >= 11 is 6.06. The van der Waals surface area contributed by atoms with Gasteiger partial charge in [-0.25, -0.2) is 0 Å². The Morgan fingerprint density at radius 1 is 1.50 bits per heavy atom. The average Bonchev–Trinajstić information content (AvgIpc) is 2.30. The maximum absolute atomic E-state index is 11.0. The minimum atomic E-state index is 0.0598.